The molecule has 3 rings (SSSR count). The lowest BCUT2D eigenvalue weighted by Gasteiger charge is -2.28. The van der Waals surface area contributed by atoms with Crippen molar-refractivity contribution in [3.05, 3.63) is 29.8 Å². The van der Waals surface area contributed by atoms with Gasteiger partial charge in [-0.3, -0.25) is 0 Å². The van der Waals surface area contributed by atoms with Gasteiger partial charge in [-0.05, 0) is 55.2 Å². The summed E-state index contributed by atoms with van der Waals surface area (Å²) in [5, 5.41) is 0. The van der Waals surface area contributed by atoms with E-state index >= 15 is 0 Å². The predicted octanol–water partition coefficient (Wildman–Crippen LogP) is 4.54. The van der Waals surface area contributed by atoms with E-state index in [1.165, 1.54) is 44.1 Å². The number of hydrogen-bond acceptors (Lipinski definition) is 2. The Morgan fingerprint density at radius 1 is 1.10 bits per heavy atom. The van der Waals surface area contributed by atoms with Gasteiger partial charge in [-0.25, -0.2) is 0 Å². The van der Waals surface area contributed by atoms with Crippen molar-refractivity contribution in [2.45, 2.75) is 57.5 Å². The van der Waals surface area contributed by atoms with Crippen molar-refractivity contribution in [1.82, 2.24) is 0 Å². The highest BCUT2D eigenvalue weighted by Crippen LogP contribution is 2.37. The van der Waals surface area contributed by atoms with Crippen LogP contribution in [-0.2, 0) is 4.74 Å². The van der Waals surface area contributed by atoms with Crippen LogP contribution in [0.25, 0.3) is 0 Å². The highest BCUT2D eigenvalue weighted by atomic mass is 16.6. The minimum absolute atomic E-state index is 0.337. The zero-order valence-corrected chi connectivity index (χ0v) is 12.5. The van der Waals surface area contributed by atoms with Gasteiger partial charge in [0, 0.05) is 0 Å². The molecule has 2 heteroatoms. The van der Waals surface area contributed by atoms with Gasteiger partial charge in [0.05, 0.1) is 6.61 Å². The van der Waals surface area contributed by atoms with Gasteiger partial charge in [-0.1, -0.05) is 31.9 Å². The number of epoxide rings is 1. The predicted molar refractivity (Wildman–Crippen MR) is 81.3 cm³/mol. The van der Waals surface area contributed by atoms with Crippen LogP contribution in [0.4, 0.5) is 0 Å². The second kappa shape index (κ2) is 6.62. The molecule has 0 amide bonds. The molecule has 1 aromatic carbocycles. The lowest BCUT2D eigenvalue weighted by Crippen LogP contribution is -2.13. The van der Waals surface area contributed by atoms with Gasteiger partial charge in [0.1, 0.15) is 18.5 Å². The molecule has 1 aliphatic heterocycles. The van der Waals surface area contributed by atoms with Crippen LogP contribution in [0.1, 0.15) is 56.9 Å². The first kappa shape index (κ1) is 13.9. The quantitative estimate of drug-likeness (QED) is 0.710. The Labute approximate surface area is 122 Å². The van der Waals surface area contributed by atoms with Gasteiger partial charge < -0.3 is 9.47 Å². The van der Waals surface area contributed by atoms with Gasteiger partial charge in [0.2, 0.25) is 0 Å². The maximum atomic E-state index is 5.70. The average Bonchev–Trinajstić information content (AvgIpc) is 3.31. The summed E-state index contributed by atoms with van der Waals surface area (Å²) >= 11 is 0. The Hall–Kier alpha value is -1.02. The number of benzene rings is 1. The van der Waals surface area contributed by atoms with E-state index in [1.54, 1.807) is 0 Å². The van der Waals surface area contributed by atoms with Crippen LogP contribution < -0.4 is 4.74 Å². The molecule has 1 heterocycles. The molecular formula is C18H26O2. The summed E-state index contributed by atoms with van der Waals surface area (Å²) in [7, 11) is 0. The Morgan fingerprint density at radius 3 is 2.40 bits per heavy atom. The molecule has 0 N–H and O–H groups in total. The average molecular weight is 274 g/mol. The van der Waals surface area contributed by atoms with E-state index in [0.29, 0.717) is 12.7 Å². The Balaban J connectivity index is 1.49. The number of ether oxygens (including phenoxy) is 2. The first-order valence-corrected chi connectivity index (χ1v) is 8.19. The summed E-state index contributed by atoms with van der Waals surface area (Å²) in [6.45, 7) is 3.86. The monoisotopic (exact) mass is 274 g/mol. The van der Waals surface area contributed by atoms with Gasteiger partial charge in [0.15, 0.2) is 0 Å². The molecule has 2 nitrogen and oxygen atoms in total. The first-order chi connectivity index (χ1) is 9.85. The van der Waals surface area contributed by atoms with E-state index < -0.39 is 0 Å². The molecule has 110 valence electrons. The van der Waals surface area contributed by atoms with Crippen LogP contribution in [-0.4, -0.2) is 19.3 Å². The van der Waals surface area contributed by atoms with Gasteiger partial charge in [0.25, 0.3) is 0 Å². The smallest absolute Gasteiger partial charge is 0.119 e. The summed E-state index contributed by atoms with van der Waals surface area (Å²) in [5.74, 6) is 2.73. The lowest BCUT2D eigenvalue weighted by molar-refractivity contribution is 0.263. The Morgan fingerprint density at radius 2 is 1.80 bits per heavy atom. The van der Waals surface area contributed by atoms with E-state index in [0.717, 1.165) is 24.2 Å². The summed E-state index contributed by atoms with van der Waals surface area (Å²) in [4.78, 5) is 0. The maximum absolute atomic E-state index is 5.70. The summed E-state index contributed by atoms with van der Waals surface area (Å²) in [6.07, 6.45) is 8.64. The Kier molecular flexibility index (Phi) is 4.62. The molecule has 1 aliphatic carbocycles. The molecule has 2 aliphatic rings. The molecule has 1 saturated heterocycles. The van der Waals surface area contributed by atoms with Crippen LogP contribution in [0.2, 0.25) is 0 Å². The van der Waals surface area contributed by atoms with Crippen LogP contribution in [0, 0.1) is 5.92 Å². The van der Waals surface area contributed by atoms with E-state index in [2.05, 4.69) is 31.2 Å². The largest absolute Gasteiger partial charge is 0.491 e. The van der Waals surface area contributed by atoms with E-state index in [-0.39, 0.29) is 0 Å². The molecule has 0 aromatic heterocycles. The molecule has 1 atom stereocenters. The van der Waals surface area contributed by atoms with Crippen LogP contribution in [0.5, 0.6) is 5.75 Å². The highest BCUT2D eigenvalue weighted by molar-refractivity contribution is 5.29. The second-order valence-corrected chi connectivity index (χ2v) is 6.34. The normalized spacial score (nSPS) is 29.1. The fraction of sp³-hybridized carbons (Fsp3) is 0.667. The van der Waals surface area contributed by atoms with Crippen molar-refractivity contribution < 1.29 is 9.47 Å². The zero-order chi connectivity index (χ0) is 13.8. The van der Waals surface area contributed by atoms with Crippen LogP contribution in [0.15, 0.2) is 24.3 Å². The van der Waals surface area contributed by atoms with Crippen LogP contribution >= 0.6 is 0 Å². The van der Waals surface area contributed by atoms with Crippen molar-refractivity contribution in [2.75, 3.05) is 13.2 Å². The molecule has 2 fully saturated rings. The van der Waals surface area contributed by atoms with Crippen molar-refractivity contribution in [3.63, 3.8) is 0 Å². The molecule has 0 spiro atoms. The Bertz CT molecular complexity index is 400. The standard InChI is InChI=1S/C18H26O2/c1-2-3-14-4-6-15(7-5-14)16-8-10-17(11-9-16)19-12-18-13-20-18/h8-11,14-15,18H,2-7,12-13H2,1H3. The minimum atomic E-state index is 0.337. The van der Waals surface area contributed by atoms with Gasteiger partial charge in [-0.2, -0.15) is 0 Å². The molecule has 1 saturated carbocycles. The summed E-state index contributed by atoms with van der Waals surface area (Å²) < 4.78 is 10.9. The van der Waals surface area contributed by atoms with Crippen molar-refractivity contribution >= 4 is 0 Å². The maximum Gasteiger partial charge on any atom is 0.119 e. The minimum Gasteiger partial charge on any atom is -0.491 e. The van der Waals surface area contributed by atoms with Gasteiger partial charge >= 0.3 is 0 Å². The first-order valence-electron chi connectivity index (χ1n) is 8.19. The second-order valence-electron chi connectivity index (χ2n) is 6.34. The van der Waals surface area contributed by atoms with E-state index in [4.69, 9.17) is 9.47 Å². The molecule has 1 aromatic rings. The molecular weight excluding hydrogens is 248 g/mol. The molecule has 1 unspecified atom stereocenters. The van der Waals surface area contributed by atoms with Gasteiger partial charge in [-0.15, -0.1) is 0 Å². The third kappa shape index (κ3) is 3.76. The topological polar surface area (TPSA) is 21.8 Å². The van der Waals surface area contributed by atoms with Crippen molar-refractivity contribution in [1.29, 1.82) is 0 Å². The van der Waals surface area contributed by atoms with Crippen LogP contribution in [0.3, 0.4) is 0 Å². The summed E-state index contributed by atoms with van der Waals surface area (Å²) in [5.41, 5.74) is 1.50. The molecule has 0 radical (unpaired) electrons. The fourth-order valence-electron chi connectivity index (χ4n) is 3.38. The lowest BCUT2D eigenvalue weighted by atomic mass is 9.77. The third-order valence-electron chi connectivity index (χ3n) is 4.73. The number of hydrogen-bond donors (Lipinski definition) is 0. The van der Waals surface area contributed by atoms with Crippen molar-refractivity contribution in [2.24, 2.45) is 5.92 Å². The fourth-order valence-corrected chi connectivity index (χ4v) is 3.38. The van der Waals surface area contributed by atoms with Crippen molar-refractivity contribution in [3.8, 4) is 5.75 Å². The van der Waals surface area contributed by atoms with E-state index in [1.807, 2.05) is 0 Å². The highest BCUT2D eigenvalue weighted by Gasteiger charge is 2.23. The SMILES string of the molecule is CCCC1CCC(c2ccc(OCC3CO3)cc2)CC1. The third-order valence-corrected chi connectivity index (χ3v) is 4.73. The number of rotatable bonds is 6. The molecule has 0 bridgehead atoms. The summed E-state index contributed by atoms with van der Waals surface area (Å²) in [6, 6.07) is 8.76. The van der Waals surface area contributed by atoms with E-state index in [9.17, 15) is 0 Å². The molecule has 20 heavy (non-hydrogen) atoms. The zero-order valence-electron chi connectivity index (χ0n) is 12.5.